The molecule has 0 aliphatic rings. The maximum atomic E-state index is 14.5. The average molecular weight is 568 g/mol. The molecule has 10 nitrogen and oxygen atoms in total. The van der Waals surface area contributed by atoms with Crippen LogP contribution in [0.4, 0.5) is 9.18 Å². The molecule has 0 radical (unpaired) electrons. The number of amides is 2. The van der Waals surface area contributed by atoms with Crippen LogP contribution >= 0.6 is 0 Å². The molecule has 2 amide bonds. The van der Waals surface area contributed by atoms with E-state index in [1.807, 2.05) is 13.8 Å². The van der Waals surface area contributed by atoms with Crippen LogP contribution in [0.15, 0.2) is 47.5 Å². The van der Waals surface area contributed by atoms with Gasteiger partial charge in [-0.2, -0.15) is 0 Å². The van der Waals surface area contributed by atoms with E-state index in [-0.39, 0.29) is 48.2 Å². The van der Waals surface area contributed by atoms with Crippen LogP contribution in [0.5, 0.6) is 0 Å². The Balaban J connectivity index is 1.79. The second-order valence-corrected chi connectivity index (χ2v) is 10.8. The molecule has 0 fully saturated rings. The first-order valence-corrected chi connectivity index (χ1v) is 13.5. The number of H-pyrrole nitrogens is 1. The van der Waals surface area contributed by atoms with Crippen molar-refractivity contribution in [2.24, 2.45) is 5.92 Å². The summed E-state index contributed by atoms with van der Waals surface area (Å²) in [7, 11) is 6.27. The topological polar surface area (TPSA) is 118 Å². The van der Waals surface area contributed by atoms with Crippen LogP contribution in [0.2, 0.25) is 0 Å². The lowest BCUT2D eigenvalue weighted by atomic mass is 10.0. The summed E-state index contributed by atoms with van der Waals surface area (Å²) in [6.07, 6.45) is 4.87. The van der Waals surface area contributed by atoms with Gasteiger partial charge in [-0.05, 0) is 43.4 Å². The van der Waals surface area contributed by atoms with Crippen molar-refractivity contribution < 1.29 is 23.5 Å². The van der Waals surface area contributed by atoms with E-state index in [9.17, 15) is 23.6 Å². The van der Waals surface area contributed by atoms with E-state index in [1.165, 1.54) is 40.7 Å². The number of allylic oxidation sites excluding steroid dienone is 1. The molecule has 220 valence electrons. The molecule has 3 rings (SSSR count). The van der Waals surface area contributed by atoms with Crippen molar-refractivity contribution >= 4 is 28.8 Å². The summed E-state index contributed by atoms with van der Waals surface area (Å²) >= 11 is 0. The first-order valence-electron chi connectivity index (χ1n) is 13.5. The number of likely N-dealkylation sites (N-methyl/N-ethyl adjacent to an activating group) is 1. The molecule has 11 heteroatoms. The fourth-order valence-electron chi connectivity index (χ4n) is 4.27. The molecular weight excluding hydrogens is 529 g/mol. The van der Waals surface area contributed by atoms with Crippen molar-refractivity contribution in [3.8, 4) is 0 Å². The van der Waals surface area contributed by atoms with E-state index in [1.54, 1.807) is 44.6 Å². The average Bonchev–Trinajstić information content (AvgIpc) is 3.32. The number of hydrogen-bond acceptors (Lipinski definition) is 6. The molecular formula is C30H38FN5O5. The number of carbonyl (C=O) groups is 3. The van der Waals surface area contributed by atoms with Gasteiger partial charge in [-0.25, -0.2) is 9.18 Å². The molecule has 0 saturated carbocycles. The lowest BCUT2D eigenvalue weighted by molar-refractivity contribution is -0.127. The van der Waals surface area contributed by atoms with E-state index >= 15 is 0 Å². The summed E-state index contributed by atoms with van der Waals surface area (Å²) in [5.41, 5.74) is 2.34. The number of ether oxygens (including phenoxy) is 1. The molecule has 41 heavy (non-hydrogen) atoms. The number of fused-ring (bicyclic) bond motifs is 1. The van der Waals surface area contributed by atoms with Crippen molar-refractivity contribution in [1.82, 2.24) is 24.3 Å². The summed E-state index contributed by atoms with van der Waals surface area (Å²) < 4.78 is 21.3. The van der Waals surface area contributed by atoms with Gasteiger partial charge in [-0.3, -0.25) is 19.4 Å². The van der Waals surface area contributed by atoms with Crippen LogP contribution in [-0.2, 0) is 33.7 Å². The Morgan fingerprint density at radius 1 is 1.17 bits per heavy atom. The summed E-state index contributed by atoms with van der Waals surface area (Å²) in [6.45, 7) is 4.19. The molecule has 0 unspecified atom stereocenters. The highest BCUT2D eigenvalue weighted by atomic mass is 19.1. The second kappa shape index (κ2) is 13.9. The van der Waals surface area contributed by atoms with Gasteiger partial charge in [0, 0.05) is 57.6 Å². The Morgan fingerprint density at radius 3 is 2.56 bits per heavy atom. The quantitative estimate of drug-likeness (QED) is 0.334. The molecule has 0 bridgehead atoms. The standard InChI is InChI=1S/C30H38FN5O5/c1-19(2)14-22-23(31)17-32-24-16-21(33-28(22)24)18-36-13-9-10-20(29(36)39)15-25(37)26(41-30(40)35(5)6)11-7-8-12-27(38)34(3)4/h8-10,12-13,16-17,19,26,33H,7,11,14-15,18H2,1-6H3/b12-8+/t26-/m0/s1. The molecule has 3 aromatic rings. The van der Waals surface area contributed by atoms with Gasteiger partial charge in [0.15, 0.2) is 11.9 Å². The monoisotopic (exact) mass is 567 g/mol. The number of nitrogens with zero attached hydrogens (tertiary/aromatic N) is 4. The molecule has 3 heterocycles. The first-order chi connectivity index (χ1) is 19.4. The van der Waals surface area contributed by atoms with Gasteiger partial charge < -0.3 is 24.1 Å². The van der Waals surface area contributed by atoms with Crippen molar-refractivity contribution in [2.75, 3.05) is 28.2 Å². The van der Waals surface area contributed by atoms with Crippen LogP contribution in [0.1, 0.15) is 43.5 Å². The fourth-order valence-corrected chi connectivity index (χ4v) is 4.27. The molecule has 0 spiro atoms. The van der Waals surface area contributed by atoms with Crippen LogP contribution < -0.4 is 5.56 Å². The van der Waals surface area contributed by atoms with Crippen LogP contribution in [-0.4, -0.2) is 76.4 Å². The minimum absolute atomic E-state index is 0.161. The zero-order valence-corrected chi connectivity index (χ0v) is 24.4. The van der Waals surface area contributed by atoms with Gasteiger partial charge in [-0.1, -0.05) is 26.0 Å². The number of halogens is 1. The Morgan fingerprint density at radius 2 is 1.90 bits per heavy atom. The minimum Gasteiger partial charge on any atom is -0.438 e. The van der Waals surface area contributed by atoms with Crippen molar-refractivity contribution in [3.05, 3.63) is 75.7 Å². The van der Waals surface area contributed by atoms with Crippen LogP contribution in [0.3, 0.4) is 0 Å². The molecule has 3 aromatic heterocycles. The molecule has 0 aliphatic carbocycles. The minimum atomic E-state index is -1.09. The van der Waals surface area contributed by atoms with E-state index < -0.39 is 18.0 Å². The van der Waals surface area contributed by atoms with E-state index in [0.717, 1.165) is 0 Å². The number of ketones is 1. The predicted octanol–water partition coefficient (Wildman–Crippen LogP) is 3.71. The zero-order chi connectivity index (χ0) is 30.3. The third kappa shape index (κ3) is 8.36. The summed E-state index contributed by atoms with van der Waals surface area (Å²) in [6, 6.07) is 5.03. The SMILES string of the molecule is CC(C)Cc1c(F)cnc2cc(Cn3cccc(CC(=O)[C@H](CC/C=C/C(=O)N(C)C)OC(=O)N(C)C)c3=O)[nH]c12. The molecule has 0 saturated heterocycles. The van der Waals surface area contributed by atoms with E-state index in [2.05, 4.69) is 9.97 Å². The third-order valence-corrected chi connectivity index (χ3v) is 6.44. The second-order valence-electron chi connectivity index (χ2n) is 10.8. The zero-order valence-electron chi connectivity index (χ0n) is 24.4. The molecule has 1 atom stereocenters. The number of aromatic nitrogens is 3. The number of rotatable bonds is 12. The number of hydrogen-bond donors (Lipinski definition) is 1. The fraction of sp³-hybridized carbons (Fsp3) is 0.433. The van der Waals surface area contributed by atoms with Crippen molar-refractivity contribution in [1.29, 1.82) is 0 Å². The van der Waals surface area contributed by atoms with Crippen molar-refractivity contribution in [2.45, 2.75) is 52.2 Å². The number of aromatic amines is 1. The van der Waals surface area contributed by atoms with Gasteiger partial charge >= 0.3 is 6.09 Å². The van der Waals surface area contributed by atoms with Gasteiger partial charge in [0.1, 0.15) is 5.82 Å². The maximum absolute atomic E-state index is 14.5. The molecule has 1 N–H and O–H groups in total. The van der Waals surface area contributed by atoms with Gasteiger partial charge in [-0.15, -0.1) is 0 Å². The van der Waals surface area contributed by atoms with E-state index in [4.69, 9.17) is 4.74 Å². The molecule has 0 aromatic carbocycles. The first kappa shape index (κ1) is 31.3. The summed E-state index contributed by atoms with van der Waals surface area (Å²) in [4.78, 5) is 60.5. The maximum Gasteiger partial charge on any atom is 0.409 e. The van der Waals surface area contributed by atoms with Crippen LogP contribution in [0.25, 0.3) is 11.0 Å². The van der Waals surface area contributed by atoms with Gasteiger partial charge in [0.25, 0.3) is 5.56 Å². The number of carbonyl (C=O) groups excluding carboxylic acids is 3. The third-order valence-electron chi connectivity index (χ3n) is 6.44. The smallest absolute Gasteiger partial charge is 0.409 e. The summed E-state index contributed by atoms with van der Waals surface area (Å²) in [5, 5.41) is 0. The highest BCUT2D eigenvalue weighted by molar-refractivity contribution is 5.88. The Kier molecular flexibility index (Phi) is 10.6. The lowest BCUT2D eigenvalue weighted by Crippen LogP contribution is -2.35. The Hall–Kier alpha value is -4.28. The predicted molar refractivity (Wildman–Crippen MR) is 154 cm³/mol. The highest BCUT2D eigenvalue weighted by Crippen LogP contribution is 2.23. The number of Topliss-reactive ketones (excluding diaryl/α,β-unsaturated/α-hetero) is 1. The highest BCUT2D eigenvalue weighted by Gasteiger charge is 2.24. The van der Waals surface area contributed by atoms with Gasteiger partial charge in [0.2, 0.25) is 5.91 Å². The Labute approximate surface area is 238 Å². The number of pyridine rings is 2. The normalized spacial score (nSPS) is 12.2. The molecule has 0 aliphatic heterocycles. The lowest BCUT2D eigenvalue weighted by Gasteiger charge is -2.19. The van der Waals surface area contributed by atoms with Gasteiger partial charge in [0.05, 0.1) is 23.8 Å². The summed E-state index contributed by atoms with van der Waals surface area (Å²) in [5.74, 6) is -0.751. The van der Waals surface area contributed by atoms with Crippen molar-refractivity contribution in [3.63, 3.8) is 0 Å². The Bertz CT molecular complexity index is 1490. The van der Waals surface area contributed by atoms with E-state index in [0.29, 0.717) is 35.1 Å². The number of nitrogens with one attached hydrogen (secondary N) is 1. The largest absolute Gasteiger partial charge is 0.438 e. The van der Waals surface area contributed by atoms with Crippen LogP contribution in [0, 0.1) is 11.7 Å².